The van der Waals surface area contributed by atoms with Crippen LogP contribution in [0.3, 0.4) is 0 Å². The van der Waals surface area contributed by atoms with Crippen molar-refractivity contribution in [1.82, 2.24) is 5.32 Å². The molecule has 0 spiro atoms. The molecule has 1 aliphatic heterocycles. The molecule has 1 saturated heterocycles. The fraction of sp³-hybridized carbons (Fsp3) is 0.333. The molecule has 0 unspecified atom stereocenters. The zero-order chi connectivity index (χ0) is 26.7. The maximum Gasteiger partial charge on any atom is 0.251 e. The molecule has 8 heteroatoms. The van der Waals surface area contributed by atoms with Crippen LogP contribution in [0.5, 0.6) is 11.5 Å². The van der Waals surface area contributed by atoms with Crippen LogP contribution in [0.1, 0.15) is 42.2 Å². The van der Waals surface area contributed by atoms with E-state index in [0.29, 0.717) is 49.2 Å². The molecule has 0 bridgehead atoms. The zero-order valence-corrected chi connectivity index (χ0v) is 21.9. The number of nitrogens with zero attached hydrogens (tertiary/aromatic N) is 1. The SMILES string of the molecule is CCOc1cc(N2CCOCC2)c(OCC)cc1NC(=O)C[C@H](NC(=O)c1ccccc1)c1ccccc1. The van der Waals surface area contributed by atoms with Crippen LogP contribution >= 0.6 is 0 Å². The number of carbonyl (C=O) groups excluding carboxylic acids is 2. The second kappa shape index (κ2) is 13.5. The van der Waals surface area contributed by atoms with Gasteiger partial charge in [0, 0.05) is 30.8 Å². The van der Waals surface area contributed by atoms with E-state index in [-0.39, 0.29) is 18.2 Å². The molecule has 1 heterocycles. The van der Waals surface area contributed by atoms with Crippen molar-refractivity contribution < 1.29 is 23.8 Å². The number of hydrogen-bond donors (Lipinski definition) is 2. The topological polar surface area (TPSA) is 89.1 Å². The van der Waals surface area contributed by atoms with Crippen molar-refractivity contribution in [3.63, 3.8) is 0 Å². The van der Waals surface area contributed by atoms with Crippen LogP contribution in [0.2, 0.25) is 0 Å². The van der Waals surface area contributed by atoms with Gasteiger partial charge >= 0.3 is 0 Å². The van der Waals surface area contributed by atoms with E-state index in [0.717, 1.165) is 24.3 Å². The van der Waals surface area contributed by atoms with Crippen molar-refractivity contribution >= 4 is 23.2 Å². The Hall–Kier alpha value is -4.04. The molecular formula is C30H35N3O5. The second-order valence-corrected chi connectivity index (χ2v) is 8.84. The van der Waals surface area contributed by atoms with E-state index in [9.17, 15) is 9.59 Å². The van der Waals surface area contributed by atoms with Gasteiger partial charge in [0.05, 0.1) is 50.3 Å². The Bertz CT molecular complexity index is 1200. The number of hydrogen-bond acceptors (Lipinski definition) is 6. The largest absolute Gasteiger partial charge is 0.492 e. The molecular weight excluding hydrogens is 482 g/mol. The molecule has 4 rings (SSSR count). The average molecular weight is 518 g/mol. The first-order valence-electron chi connectivity index (χ1n) is 13.1. The van der Waals surface area contributed by atoms with Gasteiger partial charge in [0.2, 0.25) is 5.91 Å². The van der Waals surface area contributed by atoms with Crippen LogP contribution in [-0.4, -0.2) is 51.3 Å². The lowest BCUT2D eigenvalue weighted by atomic mass is 10.0. The molecule has 0 aliphatic carbocycles. The molecule has 3 aromatic rings. The van der Waals surface area contributed by atoms with Gasteiger partial charge in [-0.15, -0.1) is 0 Å². The van der Waals surface area contributed by atoms with Gasteiger partial charge in [0.25, 0.3) is 5.91 Å². The number of benzene rings is 3. The van der Waals surface area contributed by atoms with Gasteiger partial charge in [0.1, 0.15) is 11.5 Å². The summed E-state index contributed by atoms with van der Waals surface area (Å²) < 4.78 is 17.4. The van der Waals surface area contributed by atoms with E-state index in [2.05, 4.69) is 15.5 Å². The van der Waals surface area contributed by atoms with E-state index in [1.54, 1.807) is 12.1 Å². The minimum absolute atomic E-state index is 0.0450. The summed E-state index contributed by atoms with van der Waals surface area (Å²) in [4.78, 5) is 28.5. The fourth-order valence-corrected chi connectivity index (χ4v) is 4.40. The minimum Gasteiger partial charge on any atom is -0.492 e. The molecule has 200 valence electrons. The summed E-state index contributed by atoms with van der Waals surface area (Å²) in [6.45, 7) is 7.54. The number of morpholine rings is 1. The summed E-state index contributed by atoms with van der Waals surface area (Å²) in [5.74, 6) is 0.742. The van der Waals surface area contributed by atoms with Crippen LogP contribution in [0.25, 0.3) is 0 Å². The van der Waals surface area contributed by atoms with Crippen molar-refractivity contribution in [3.05, 3.63) is 83.9 Å². The number of anilines is 2. The van der Waals surface area contributed by atoms with E-state index >= 15 is 0 Å². The van der Waals surface area contributed by atoms with Gasteiger partial charge in [-0.3, -0.25) is 9.59 Å². The van der Waals surface area contributed by atoms with Gasteiger partial charge in [-0.25, -0.2) is 0 Å². The summed E-state index contributed by atoms with van der Waals surface area (Å²) in [5, 5.41) is 6.01. The summed E-state index contributed by atoms with van der Waals surface area (Å²) in [7, 11) is 0. The predicted molar refractivity (Wildman–Crippen MR) is 148 cm³/mol. The Kier molecular flexibility index (Phi) is 9.59. The van der Waals surface area contributed by atoms with E-state index in [4.69, 9.17) is 14.2 Å². The number of rotatable bonds is 11. The molecule has 8 nitrogen and oxygen atoms in total. The van der Waals surface area contributed by atoms with Gasteiger partial charge in [-0.1, -0.05) is 48.5 Å². The fourth-order valence-electron chi connectivity index (χ4n) is 4.40. The van der Waals surface area contributed by atoms with E-state index in [1.807, 2.05) is 74.5 Å². The third kappa shape index (κ3) is 7.04. The molecule has 0 aromatic heterocycles. The number of carbonyl (C=O) groups is 2. The maximum absolute atomic E-state index is 13.3. The predicted octanol–water partition coefficient (Wildman–Crippen LogP) is 4.82. The Morgan fingerprint density at radius 3 is 2.18 bits per heavy atom. The van der Waals surface area contributed by atoms with Gasteiger partial charge in [-0.05, 0) is 31.5 Å². The third-order valence-electron chi connectivity index (χ3n) is 6.22. The average Bonchev–Trinajstić information content (AvgIpc) is 2.95. The van der Waals surface area contributed by atoms with Crippen molar-refractivity contribution in [2.75, 3.05) is 49.7 Å². The Balaban J connectivity index is 1.56. The first kappa shape index (κ1) is 27.0. The molecule has 0 saturated carbocycles. The first-order valence-corrected chi connectivity index (χ1v) is 13.1. The highest BCUT2D eigenvalue weighted by molar-refractivity contribution is 5.96. The Labute approximate surface area is 223 Å². The number of ether oxygens (including phenoxy) is 3. The summed E-state index contributed by atoms with van der Waals surface area (Å²) in [6.07, 6.45) is 0.0450. The van der Waals surface area contributed by atoms with Crippen molar-refractivity contribution in [2.45, 2.75) is 26.3 Å². The lowest BCUT2D eigenvalue weighted by Gasteiger charge is -2.31. The summed E-state index contributed by atoms with van der Waals surface area (Å²) in [5.41, 5.74) is 2.81. The van der Waals surface area contributed by atoms with Gasteiger partial charge in [-0.2, -0.15) is 0 Å². The first-order chi connectivity index (χ1) is 18.6. The minimum atomic E-state index is -0.515. The highest BCUT2D eigenvalue weighted by atomic mass is 16.5. The molecule has 2 amide bonds. The van der Waals surface area contributed by atoms with Crippen LogP contribution < -0.4 is 25.0 Å². The van der Waals surface area contributed by atoms with Gasteiger partial charge in [0.15, 0.2) is 0 Å². The van der Waals surface area contributed by atoms with Gasteiger partial charge < -0.3 is 29.7 Å². The normalized spacial score (nSPS) is 13.9. The molecule has 1 fully saturated rings. The number of nitrogens with one attached hydrogen (secondary N) is 2. The smallest absolute Gasteiger partial charge is 0.251 e. The summed E-state index contributed by atoms with van der Waals surface area (Å²) in [6, 6.07) is 21.7. The van der Waals surface area contributed by atoms with Crippen LogP contribution in [0.15, 0.2) is 72.8 Å². The molecule has 38 heavy (non-hydrogen) atoms. The summed E-state index contributed by atoms with van der Waals surface area (Å²) >= 11 is 0. The molecule has 1 atom stereocenters. The highest BCUT2D eigenvalue weighted by Gasteiger charge is 2.23. The lowest BCUT2D eigenvalue weighted by molar-refractivity contribution is -0.116. The maximum atomic E-state index is 13.3. The van der Waals surface area contributed by atoms with Crippen molar-refractivity contribution in [3.8, 4) is 11.5 Å². The number of amides is 2. The Morgan fingerprint density at radius 2 is 1.53 bits per heavy atom. The molecule has 2 N–H and O–H groups in total. The monoisotopic (exact) mass is 517 g/mol. The Morgan fingerprint density at radius 1 is 0.895 bits per heavy atom. The molecule has 1 aliphatic rings. The second-order valence-electron chi connectivity index (χ2n) is 8.84. The lowest BCUT2D eigenvalue weighted by Crippen LogP contribution is -2.36. The van der Waals surface area contributed by atoms with E-state index < -0.39 is 6.04 Å². The van der Waals surface area contributed by atoms with Crippen molar-refractivity contribution in [2.24, 2.45) is 0 Å². The van der Waals surface area contributed by atoms with Crippen LogP contribution in [0, 0.1) is 0 Å². The van der Waals surface area contributed by atoms with Crippen LogP contribution in [0.4, 0.5) is 11.4 Å². The highest BCUT2D eigenvalue weighted by Crippen LogP contribution is 2.39. The zero-order valence-electron chi connectivity index (χ0n) is 21.9. The molecule has 0 radical (unpaired) electrons. The van der Waals surface area contributed by atoms with Crippen LogP contribution in [-0.2, 0) is 9.53 Å². The molecule has 3 aromatic carbocycles. The standard InChI is InChI=1S/C30H35N3O5/c1-3-37-27-21-26(33-15-17-36-18-16-33)28(38-4-2)19-25(27)31-29(34)20-24(22-11-7-5-8-12-22)32-30(35)23-13-9-6-10-14-23/h5-14,19,21,24H,3-4,15-18,20H2,1-2H3,(H,31,34)(H,32,35)/t24-/m0/s1. The third-order valence-corrected chi connectivity index (χ3v) is 6.22. The quantitative estimate of drug-likeness (QED) is 0.379. The van der Waals surface area contributed by atoms with Crippen molar-refractivity contribution in [1.29, 1.82) is 0 Å². The van der Waals surface area contributed by atoms with E-state index in [1.165, 1.54) is 0 Å².